The van der Waals surface area contributed by atoms with E-state index in [4.69, 9.17) is 0 Å². The van der Waals surface area contributed by atoms with E-state index in [1.54, 1.807) is 0 Å². The second-order valence-electron chi connectivity index (χ2n) is 12.0. The van der Waals surface area contributed by atoms with Crippen LogP contribution in [0.4, 0.5) is 0 Å². The lowest BCUT2D eigenvalue weighted by Gasteiger charge is -2.59. The predicted octanol–water partition coefficient (Wildman–Crippen LogP) is 5.60. The van der Waals surface area contributed by atoms with Crippen LogP contribution < -0.4 is 0 Å². The molecule has 3 nitrogen and oxygen atoms in total. The van der Waals surface area contributed by atoms with Gasteiger partial charge in [-0.15, -0.1) is 0 Å². The highest BCUT2D eigenvalue weighted by Gasteiger charge is 2.64. The fraction of sp³-hybridized carbons (Fsp3) is 0.852. The van der Waals surface area contributed by atoms with E-state index >= 15 is 0 Å². The van der Waals surface area contributed by atoms with Gasteiger partial charge >= 0.3 is 0 Å². The van der Waals surface area contributed by atoms with Gasteiger partial charge in [-0.1, -0.05) is 70.3 Å². The minimum absolute atomic E-state index is 0.135. The molecule has 0 aromatic rings. The average Bonchev–Trinajstić information content (AvgIpc) is 3.03. The van der Waals surface area contributed by atoms with E-state index in [1.165, 1.54) is 37.7 Å². The SMILES string of the molecule is CC(C)CCC[C@@H](C)[C@H]1CC[C@H]2C3=CC=C4CCC(O)C(O)(O)[C@]4(C)[C@H]3CC[C@]12C. The third-order valence-electron chi connectivity index (χ3n) is 10.1. The van der Waals surface area contributed by atoms with E-state index in [1.807, 2.05) is 6.92 Å². The summed E-state index contributed by atoms with van der Waals surface area (Å²) < 4.78 is 0. The normalized spacial score (nSPS) is 43.4. The molecular weight excluding hydrogens is 372 g/mol. The second-order valence-corrected chi connectivity index (χ2v) is 12.0. The van der Waals surface area contributed by atoms with Crippen LogP contribution in [0.2, 0.25) is 0 Å². The Morgan fingerprint density at radius 1 is 0.967 bits per heavy atom. The van der Waals surface area contributed by atoms with Crippen LogP contribution in [0.3, 0.4) is 0 Å². The first kappa shape index (κ1) is 22.6. The predicted molar refractivity (Wildman–Crippen MR) is 122 cm³/mol. The van der Waals surface area contributed by atoms with Crippen LogP contribution in [0.15, 0.2) is 23.3 Å². The molecule has 3 heteroatoms. The first-order valence-corrected chi connectivity index (χ1v) is 12.6. The van der Waals surface area contributed by atoms with Crippen LogP contribution in [0.1, 0.15) is 92.4 Å². The average molecular weight is 417 g/mol. The van der Waals surface area contributed by atoms with Crippen LogP contribution in [0, 0.1) is 40.4 Å². The van der Waals surface area contributed by atoms with E-state index < -0.39 is 17.3 Å². The zero-order chi connectivity index (χ0) is 21.9. The summed E-state index contributed by atoms with van der Waals surface area (Å²) in [5.41, 5.74) is 2.11. The number of rotatable bonds is 5. The Kier molecular flexibility index (Phi) is 5.82. The van der Waals surface area contributed by atoms with Crippen LogP contribution in [-0.2, 0) is 0 Å². The molecule has 0 bridgehead atoms. The number of hydrogen-bond acceptors (Lipinski definition) is 3. The van der Waals surface area contributed by atoms with Crippen molar-refractivity contribution in [1.29, 1.82) is 0 Å². The summed E-state index contributed by atoms with van der Waals surface area (Å²) in [5.74, 6) is 0.939. The Morgan fingerprint density at radius 3 is 2.40 bits per heavy atom. The smallest absolute Gasteiger partial charge is 0.199 e. The van der Waals surface area contributed by atoms with Gasteiger partial charge in [-0.25, -0.2) is 0 Å². The lowest BCUT2D eigenvalue weighted by Crippen LogP contribution is -2.63. The summed E-state index contributed by atoms with van der Waals surface area (Å²) in [5, 5.41) is 32.6. The molecule has 4 aliphatic rings. The molecule has 4 rings (SSSR count). The summed E-state index contributed by atoms with van der Waals surface area (Å²) in [7, 11) is 0. The van der Waals surface area contributed by atoms with Gasteiger partial charge in [-0.3, -0.25) is 0 Å². The molecule has 7 atom stereocenters. The van der Waals surface area contributed by atoms with Gasteiger partial charge in [0, 0.05) is 0 Å². The maximum Gasteiger partial charge on any atom is 0.199 e. The topological polar surface area (TPSA) is 60.7 Å². The van der Waals surface area contributed by atoms with E-state index in [-0.39, 0.29) is 5.92 Å². The zero-order valence-electron chi connectivity index (χ0n) is 19.8. The van der Waals surface area contributed by atoms with Gasteiger partial charge in [-0.05, 0) is 80.5 Å². The van der Waals surface area contributed by atoms with Gasteiger partial charge < -0.3 is 15.3 Å². The highest BCUT2D eigenvalue weighted by Crippen LogP contribution is 2.67. The molecule has 0 aliphatic heterocycles. The number of allylic oxidation sites excluding steroid dienone is 3. The Balaban J connectivity index is 1.59. The van der Waals surface area contributed by atoms with Crippen molar-refractivity contribution in [2.75, 3.05) is 0 Å². The van der Waals surface area contributed by atoms with Gasteiger partial charge in [0.2, 0.25) is 0 Å². The van der Waals surface area contributed by atoms with Crippen LogP contribution in [0.25, 0.3) is 0 Å². The van der Waals surface area contributed by atoms with Crippen molar-refractivity contribution in [3.05, 3.63) is 23.3 Å². The zero-order valence-corrected chi connectivity index (χ0v) is 19.8. The van der Waals surface area contributed by atoms with Crippen LogP contribution >= 0.6 is 0 Å². The lowest BCUT2D eigenvalue weighted by molar-refractivity contribution is -0.301. The Bertz CT molecular complexity index is 720. The molecule has 0 spiro atoms. The third-order valence-corrected chi connectivity index (χ3v) is 10.1. The molecule has 3 fully saturated rings. The van der Waals surface area contributed by atoms with Gasteiger partial charge in [-0.2, -0.15) is 0 Å². The van der Waals surface area contributed by atoms with Crippen molar-refractivity contribution in [1.82, 2.24) is 0 Å². The molecule has 1 unspecified atom stereocenters. The minimum Gasteiger partial charge on any atom is -0.387 e. The Hall–Kier alpha value is -0.640. The molecule has 0 saturated heterocycles. The highest BCUT2D eigenvalue weighted by molar-refractivity contribution is 5.41. The van der Waals surface area contributed by atoms with Crippen molar-refractivity contribution in [3.63, 3.8) is 0 Å². The van der Waals surface area contributed by atoms with Gasteiger partial charge in [0.15, 0.2) is 5.79 Å². The van der Waals surface area contributed by atoms with Crippen molar-refractivity contribution in [2.24, 2.45) is 40.4 Å². The van der Waals surface area contributed by atoms with E-state index in [0.717, 1.165) is 42.6 Å². The first-order valence-electron chi connectivity index (χ1n) is 12.6. The van der Waals surface area contributed by atoms with Crippen molar-refractivity contribution < 1.29 is 15.3 Å². The summed E-state index contributed by atoms with van der Waals surface area (Å²) in [4.78, 5) is 0. The van der Waals surface area contributed by atoms with Crippen molar-refractivity contribution in [2.45, 2.75) is 104 Å². The van der Waals surface area contributed by atoms with E-state index in [2.05, 4.69) is 39.8 Å². The summed E-state index contributed by atoms with van der Waals surface area (Å²) in [6.45, 7) is 11.6. The summed E-state index contributed by atoms with van der Waals surface area (Å²) >= 11 is 0. The second kappa shape index (κ2) is 7.74. The quantitative estimate of drug-likeness (QED) is 0.511. The molecule has 0 heterocycles. The van der Waals surface area contributed by atoms with E-state index in [9.17, 15) is 15.3 Å². The number of hydrogen-bond donors (Lipinski definition) is 3. The maximum atomic E-state index is 11.1. The summed E-state index contributed by atoms with van der Waals surface area (Å²) in [6, 6.07) is 0. The molecule has 4 aliphatic carbocycles. The molecule has 30 heavy (non-hydrogen) atoms. The van der Waals surface area contributed by atoms with Gasteiger partial charge in [0.05, 0.1) is 5.41 Å². The molecule has 0 amide bonds. The van der Waals surface area contributed by atoms with Crippen LogP contribution in [0.5, 0.6) is 0 Å². The van der Waals surface area contributed by atoms with Gasteiger partial charge in [0.1, 0.15) is 6.10 Å². The highest BCUT2D eigenvalue weighted by atomic mass is 16.5. The first-order chi connectivity index (χ1) is 14.0. The molecule has 170 valence electrons. The fourth-order valence-corrected chi connectivity index (χ4v) is 8.14. The maximum absolute atomic E-state index is 11.1. The monoisotopic (exact) mass is 416 g/mol. The molecule has 3 N–H and O–H groups in total. The number of aliphatic hydroxyl groups excluding tert-OH is 1. The van der Waals surface area contributed by atoms with Crippen molar-refractivity contribution in [3.8, 4) is 0 Å². The number of aliphatic hydroxyl groups is 3. The van der Waals surface area contributed by atoms with Crippen LogP contribution in [-0.4, -0.2) is 27.2 Å². The molecule has 3 saturated carbocycles. The fourth-order valence-electron chi connectivity index (χ4n) is 8.14. The molecule has 0 aromatic carbocycles. The lowest BCUT2D eigenvalue weighted by atomic mass is 9.48. The summed E-state index contributed by atoms with van der Waals surface area (Å²) in [6.07, 6.45) is 13.3. The van der Waals surface area contributed by atoms with E-state index in [0.29, 0.717) is 17.8 Å². The standard InChI is InChI=1S/C27H44O3/c1-17(2)7-6-8-18(3)21-12-13-22-20-11-9-19-10-14-24(28)27(29,30)26(19,5)23(20)15-16-25(21,22)4/h9,11,17-18,21-24,28-30H,6-8,10,12-16H2,1-5H3/t18-,21-,22+,23+,24?,25-,26+/m1/s1. The molecule has 0 radical (unpaired) electrons. The largest absolute Gasteiger partial charge is 0.387 e. The Morgan fingerprint density at radius 2 is 1.70 bits per heavy atom. The minimum atomic E-state index is -2.04. The Labute approximate surface area is 183 Å². The number of fused-ring (bicyclic) bond motifs is 5. The third kappa shape index (κ3) is 3.18. The molecule has 0 aromatic heterocycles. The van der Waals surface area contributed by atoms with Crippen molar-refractivity contribution >= 4 is 0 Å². The molecular formula is C27H44O3. The van der Waals surface area contributed by atoms with Gasteiger partial charge in [0.25, 0.3) is 0 Å².